The van der Waals surface area contributed by atoms with Crippen molar-refractivity contribution < 1.29 is 0 Å². The van der Waals surface area contributed by atoms with E-state index in [4.69, 9.17) is 0 Å². The van der Waals surface area contributed by atoms with Gasteiger partial charge in [-0.2, -0.15) is 0 Å². The Hall–Kier alpha value is -5.44. The fourth-order valence-corrected chi connectivity index (χ4v) is 10.1. The third-order valence-electron chi connectivity index (χ3n) is 11.5. The third kappa shape index (κ3) is 4.12. The molecule has 0 aliphatic heterocycles. The molecule has 7 aromatic carbocycles. The van der Waals surface area contributed by atoms with Crippen molar-refractivity contribution in [3.8, 4) is 33.4 Å². The van der Waals surface area contributed by atoms with Gasteiger partial charge < -0.3 is 4.90 Å². The standard InChI is InChI=1S/C48H37NS/c1-47(2)41-20-8-5-15-35(41)37-25-23-32(28-43(37)47)49(33-24-26-38-36-16-6-9-21-42(36)48(3,4)44(38)29-33)31-14-11-13-30(27-31)34-18-12-19-40-39-17-7-10-22-45(39)50-46(34)40/h5-29H,1-4H3. The van der Waals surface area contributed by atoms with E-state index in [0.717, 1.165) is 5.69 Å². The summed E-state index contributed by atoms with van der Waals surface area (Å²) in [5.74, 6) is 0. The average Bonchev–Trinajstić information content (AvgIpc) is 3.72. The van der Waals surface area contributed by atoms with Gasteiger partial charge in [0.2, 0.25) is 0 Å². The number of benzene rings is 7. The number of thiophene rings is 1. The van der Waals surface area contributed by atoms with Gasteiger partial charge in [-0.15, -0.1) is 11.3 Å². The Bertz CT molecular complexity index is 2560. The maximum atomic E-state index is 2.48. The van der Waals surface area contributed by atoms with Crippen LogP contribution in [0.2, 0.25) is 0 Å². The second kappa shape index (κ2) is 10.5. The number of hydrogen-bond acceptors (Lipinski definition) is 2. The van der Waals surface area contributed by atoms with Gasteiger partial charge in [-0.1, -0.05) is 137 Å². The van der Waals surface area contributed by atoms with Crippen LogP contribution in [0.1, 0.15) is 49.9 Å². The van der Waals surface area contributed by atoms with Crippen molar-refractivity contribution in [1.29, 1.82) is 0 Å². The molecule has 1 heterocycles. The van der Waals surface area contributed by atoms with Gasteiger partial charge >= 0.3 is 0 Å². The highest BCUT2D eigenvalue weighted by Crippen LogP contribution is 2.53. The summed E-state index contributed by atoms with van der Waals surface area (Å²) in [5.41, 5.74) is 16.8. The molecule has 0 bridgehead atoms. The summed E-state index contributed by atoms with van der Waals surface area (Å²) in [6, 6.07) is 56.7. The molecule has 2 aliphatic rings. The van der Waals surface area contributed by atoms with Crippen LogP contribution in [0.25, 0.3) is 53.6 Å². The predicted molar refractivity (Wildman–Crippen MR) is 215 cm³/mol. The average molecular weight is 660 g/mol. The highest BCUT2D eigenvalue weighted by atomic mass is 32.1. The van der Waals surface area contributed by atoms with Crippen LogP contribution in [0, 0.1) is 0 Å². The molecule has 2 aliphatic carbocycles. The molecule has 0 radical (unpaired) electrons. The Kier molecular flexibility index (Phi) is 6.21. The van der Waals surface area contributed by atoms with E-state index < -0.39 is 0 Å². The fraction of sp³-hybridized carbons (Fsp3) is 0.125. The van der Waals surface area contributed by atoms with Gasteiger partial charge in [0.05, 0.1) is 0 Å². The van der Waals surface area contributed by atoms with Gasteiger partial charge in [-0.25, -0.2) is 0 Å². The van der Waals surface area contributed by atoms with E-state index in [9.17, 15) is 0 Å². The van der Waals surface area contributed by atoms with Crippen LogP contribution in [0.3, 0.4) is 0 Å². The monoisotopic (exact) mass is 659 g/mol. The lowest BCUT2D eigenvalue weighted by Gasteiger charge is -2.30. The topological polar surface area (TPSA) is 3.24 Å². The summed E-state index contributed by atoms with van der Waals surface area (Å²) in [5, 5.41) is 2.65. The molecule has 0 N–H and O–H groups in total. The van der Waals surface area contributed by atoms with E-state index in [1.165, 1.54) is 87.2 Å². The second-order valence-corrected chi connectivity index (χ2v) is 16.0. The molecular weight excluding hydrogens is 623 g/mol. The molecule has 2 heteroatoms. The lowest BCUT2D eigenvalue weighted by molar-refractivity contribution is 0.660. The summed E-state index contributed by atoms with van der Waals surface area (Å²) in [7, 11) is 0. The molecule has 50 heavy (non-hydrogen) atoms. The minimum Gasteiger partial charge on any atom is -0.310 e. The van der Waals surface area contributed by atoms with Crippen LogP contribution in [0.15, 0.2) is 152 Å². The van der Waals surface area contributed by atoms with E-state index in [2.05, 4.69) is 184 Å². The van der Waals surface area contributed by atoms with E-state index in [-0.39, 0.29) is 10.8 Å². The number of fused-ring (bicyclic) bond motifs is 9. The lowest BCUT2D eigenvalue weighted by atomic mass is 9.82. The molecule has 0 fully saturated rings. The molecule has 240 valence electrons. The Labute approximate surface area is 298 Å². The largest absolute Gasteiger partial charge is 0.310 e. The SMILES string of the molecule is CC1(C)c2ccccc2-c2ccc(N(c3cccc(-c4cccc5c4sc4ccccc45)c3)c3ccc4c(c3)C(C)(C)c3ccccc3-4)cc21. The van der Waals surface area contributed by atoms with Gasteiger partial charge in [0.15, 0.2) is 0 Å². The zero-order chi connectivity index (χ0) is 33.8. The van der Waals surface area contributed by atoms with Crippen LogP contribution in [-0.2, 0) is 10.8 Å². The smallest absolute Gasteiger partial charge is 0.0467 e. The van der Waals surface area contributed by atoms with Crippen LogP contribution < -0.4 is 4.90 Å². The summed E-state index contributed by atoms with van der Waals surface area (Å²) in [6.45, 7) is 9.47. The van der Waals surface area contributed by atoms with Crippen LogP contribution in [-0.4, -0.2) is 0 Å². The first kappa shape index (κ1) is 29.5. The number of rotatable bonds is 4. The summed E-state index contributed by atoms with van der Waals surface area (Å²) in [6.07, 6.45) is 0. The van der Waals surface area contributed by atoms with Gasteiger partial charge in [0.1, 0.15) is 0 Å². The molecule has 0 saturated heterocycles. The lowest BCUT2D eigenvalue weighted by Crippen LogP contribution is -2.18. The van der Waals surface area contributed by atoms with Crippen molar-refractivity contribution >= 4 is 48.6 Å². The van der Waals surface area contributed by atoms with Crippen molar-refractivity contribution in [3.05, 3.63) is 174 Å². The Morgan fingerprint density at radius 2 is 0.900 bits per heavy atom. The van der Waals surface area contributed by atoms with Crippen molar-refractivity contribution in [2.45, 2.75) is 38.5 Å². The van der Waals surface area contributed by atoms with Crippen LogP contribution >= 0.6 is 11.3 Å². The molecule has 8 aromatic rings. The van der Waals surface area contributed by atoms with Gasteiger partial charge in [-0.05, 0) is 98.1 Å². The van der Waals surface area contributed by atoms with E-state index in [1.54, 1.807) is 0 Å². The Morgan fingerprint density at radius 3 is 1.56 bits per heavy atom. The van der Waals surface area contributed by atoms with E-state index in [0.29, 0.717) is 0 Å². The zero-order valence-electron chi connectivity index (χ0n) is 28.8. The third-order valence-corrected chi connectivity index (χ3v) is 12.7. The second-order valence-electron chi connectivity index (χ2n) is 15.0. The van der Waals surface area contributed by atoms with Gasteiger partial charge in [-0.3, -0.25) is 0 Å². The molecule has 0 amide bonds. The molecule has 0 spiro atoms. The van der Waals surface area contributed by atoms with E-state index in [1.807, 2.05) is 11.3 Å². The first-order valence-electron chi connectivity index (χ1n) is 17.6. The molecule has 1 nitrogen and oxygen atoms in total. The number of hydrogen-bond donors (Lipinski definition) is 0. The van der Waals surface area contributed by atoms with Crippen molar-refractivity contribution in [2.24, 2.45) is 0 Å². The van der Waals surface area contributed by atoms with Crippen molar-refractivity contribution in [2.75, 3.05) is 4.90 Å². The molecule has 1 aromatic heterocycles. The number of anilines is 3. The quantitative estimate of drug-likeness (QED) is 0.182. The first-order valence-corrected chi connectivity index (χ1v) is 18.4. The Balaban J connectivity index is 1.18. The van der Waals surface area contributed by atoms with Crippen LogP contribution in [0.5, 0.6) is 0 Å². The van der Waals surface area contributed by atoms with Gasteiger partial charge in [0.25, 0.3) is 0 Å². The minimum absolute atomic E-state index is 0.0894. The number of nitrogens with zero attached hydrogens (tertiary/aromatic N) is 1. The molecule has 10 rings (SSSR count). The normalized spacial score (nSPS) is 14.7. The Morgan fingerprint density at radius 1 is 0.400 bits per heavy atom. The highest BCUT2D eigenvalue weighted by Gasteiger charge is 2.37. The van der Waals surface area contributed by atoms with E-state index >= 15 is 0 Å². The summed E-state index contributed by atoms with van der Waals surface area (Å²) in [4.78, 5) is 2.48. The molecular formula is C48H37NS. The first-order chi connectivity index (χ1) is 24.3. The zero-order valence-corrected chi connectivity index (χ0v) is 29.6. The maximum absolute atomic E-state index is 2.48. The predicted octanol–water partition coefficient (Wildman–Crippen LogP) is 13.8. The summed E-state index contributed by atoms with van der Waals surface area (Å²) < 4.78 is 2.67. The minimum atomic E-state index is -0.0894. The molecule has 0 unspecified atom stereocenters. The summed E-state index contributed by atoms with van der Waals surface area (Å²) >= 11 is 1.89. The van der Waals surface area contributed by atoms with Crippen molar-refractivity contribution in [3.63, 3.8) is 0 Å². The molecule has 0 saturated carbocycles. The van der Waals surface area contributed by atoms with Crippen molar-refractivity contribution in [1.82, 2.24) is 0 Å². The highest BCUT2D eigenvalue weighted by molar-refractivity contribution is 7.26. The van der Waals surface area contributed by atoms with Crippen LogP contribution in [0.4, 0.5) is 17.1 Å². The fourth-order valence-electron chi connectivity index (χ4n) is 8.90. The molecule has 0 atom stereocenters. The maximum Gasteiger partial charge on any atom is 0.0467 e. The van der Waals surface area contributed by atoms with Gasteiger partial charge in [0, 0.05) is 48.1 Å².